The minimum absolute atomic E-state index is 0.0417. The molecule has 0 aromatic rings. The van der Waals surface area contributed by atoms with Crippen molar-refractivity contribution in [1.82, 2.24) is 0 Å². The maximum atomic E-state index is 4.94. The van der Waals surface area contributed by atoms with Crippen LogP contribution in [0.5, 0.6) is 0 Å². The number of hydrogen-bond donors (Lipinski definition) is 0. The lowest BCUT2D eigenvalue weighted by molar-refractivity contribution is 0.0397. The molecule has 8 nitrogen and oxygen atoms in total. The summed E-state index contributed by atoms with van der Waals surface area (Å²) in [5, 5.41) is 0. The molecule has 0 saturated carbocycles. The number of unbranched alkanes of at least 4 members (excludes halogenated alkanes) is 3. The van der Waals surface area contributed by atoms with Crippen molar-refractivity contribution in [3.8, 4) is 0 Å². The third-order valence-electron chi connectivity index (χ3n) is 5.20. The predicted octanol–water partition coefficient (Wildman–Crippen LogP) is 10.8. The van der Waals surface area contributed by atoms with E-state index in [2.05, 4.69) is 55.4 Å². The summed E-state index contributed by atoms with van der Waals surface area (Å²) in [4.78, 5) is 0. The van der Waals surface area contributed by atoms with Gasteiger partial charge in [-0.25, -0.2) is 0 Å². The lowest BCUT2D eigenvalue weighted by atomic mass is 10.1. The molecule has 0 N–H and O–H groups in total. The number of rotatable bonds is 17. The first-order valence-electron chi connectivity index (χ1n) is 18.1. The zero-order chi connectivity index (χ0) is 38.8. The molecule has 47 heavy (non-hydrogen) atoms. The Morgan fingerprint density at radius 3 is 0.894 bits per heavy atom. The molecule has 1 atom stereocenters. The van der Waals surface area contributed by atoms with E-state index in [1.165, 1.54) is 38.5 Å². The van der Waals surface area contributed by atoms with Crippen molar-refractivity contribution in [2.75, 3.05) is 96.5 Å². The molecule has 0 heterocycles. The molecule has 298 valence electrons. The average Bonchev–Trinajstić information content (AvgIpc) is 3.03. The lowest BCUT2D eigenvalue weighted by Gasteiger charge is -2.14. The van der Waals surface area contributed by atoms with E-state index in [4.69, 9.17) is 37.9 Å². The largest absolute Gasteiger partial charge is 0.385 e. The van der Waals surface area contributed by atoms with Crippen molar-refractivity contribution in [3.05, 3.63) is 0 Å². The van der Waals surface area contributed by atoms with Crippen molar-refractivity contribution in [2.45, 2.75) is 153 Å². The Morgan fingerprint density at radius 1 is 0.447 bits per heavy atom. The second-order valence-electron chi connectivity index (χ2n) is 12.5. The molecule has 0 bridgehead atoms. The summed E-state index contributed by atoms with van der Waals surface area (Å²) in [7, 11) is 13.8. The van der Waals surface area contributed by atoms with Crippen LogP contribution < -0.4 is 0 Å². The van der Waals surface area contributed by atoms with Crippen LogP contribution in [-0.4, -0.2) is 108 Å². The van der Waals surface area contributed by atoms with E-state index in [1.54, 1.807) is 56.9 Å². The first kappa shape index (κ1) is 65.1. The molecule has 0 rings (SSSR count). The van der Waals surface area contributed by atoms with Crippen LogP contribution in [0, 0.1) is 11.8 Å². The highest BCUT2D eigenvalue weighted by molar-refractivity contribution is 4.55. The smallest absolute Gasteiger partial charge is 0.0594 e. The molecule has 0 spiro atoms. The van der Waals surface area contributed by atoms with E-state index >= 15 is 0 Å². The molecule has 0 fully saturated rings. The van der Waals surface area contributed by atoms with Crippen LogP contribution in [0.3, 0.4) is 0 Å². The Hall–Kier alpha value is -0.320. The summed E-state index contributed by atoms with van der Waals surface area (Å²) in [5.74, 6) is 1.40. The molecule has 0 aliphatic rings. The Morgan fingerprint density at radius 2 is 0.787 bits per heavy atom. The number of methoxy groups -OCH3 is 8. The monoisotopic (exact) mass is 691 g/mol. The van der Waals surface area contributed by atoms with Gasteiger partial charge in [0.15, 0.2) is 0 Å². The van der Waals surface area contributed by atoms with Crippen molar-refractivity contribution in [1.29, 1.82) is 0 Å². The molecular formula is C39H94O8. The fourth-order valence-electron chi connectivity index (χ4n) is 1.93. The van der Waals surface area contributed by atoms with Crippen molar-refractivity contribution < 1.29 is 37.9 Å². The molecule has 1 unspecified atom stereocenters. The topological polar surface area (TPSA) is 73.8 Å². The van der Waals surface area contributed by atoms with Crippen molar-refractivity contribution in [2.24, 2.45) is 11.8 Å². The van der Waals surface area contributed by atoms with Crippen LogP contribution in [0.2, 0.25) is 0 Å². The lowest BCUT2D eigenvalue weighted by Crippen LogP contribution is -2.15. The Balaban J connectivity index is -0.0000000619. The van der Waals surface area contributed by atoms with Crippen molar-refractivity contribution in [3.63, 3.8) is 0 Å². The van der Waals surface area contributed by atoms with Gasteiger partial charge >= 0.3 is 0 Å². The predicted molar refractivity (Wildman–Crippen MR) is 209 cm³/mol. The van der Waals surface area contributed by atoms with Gasteiger partial charge in [0.1, 0.15) is 0 Å². The second kappa shape index (κ2) is 67.8. The first-order valence-corrected chi connectivity index (χ1v) is 18.1. The van der Waals surface area contributed by atoms with E-state index < -0.39 is 0 Å². The van der Waals surface area contributed by atoms with E-state index in [0.29, 0.717) is 12.0 Å². The zero-order valence-electron chi connectivity index (χ0n) is 36.4. The molecule has 0 aliphatic heterocycles. The number of ether oxygens (including phenoxy) is 8. The Kier molecular flexibility index (Phi) is 93.9. The summed E-state index contributed by atoms with van der Waals surface area (Å²) in [6.07, 6.45) is 10.1. The first-order chi connectivity index (χ1) is 22.1. The van der Waals surface area contributed by atoms with Gasteiger partial charge in [-0.2, -0.15) is 0 Å². The summed E-state index contributed by atoms with van der Waals surface area (Å²) in [5.41, 5.74) is 0.0417. The fraction of sp³-hybridized carbons (Fsp3) is 1.00. The quantitative estimate of drug-likeness (QED) is 0.140. The Labute approximate surface area is 299 Å². The molecule has 0 aliphatic carbocycles. The van der Waals surface area contributed by atoms with Gasteiger partial charge < -0.3 is 37.9 Å². The number of hydrogen-bond acceptors (Lipinski definition) is 8. The standard InChI is InChI=1S/2C6H14O.3C5H12O.3C4H10O/c1-4-6(2)5-7-3;1-3-4-5-6-7-2;1-5(2)4-6-3;1-5(2,3)6-4;1-3-4-5-6-2;1-4(2)5-3;2*1-3-4-5-2/h6H,4-5H2,1-3H3;3-6H2,1-2H3;5H,4H2,1-3H3;1-4H3;3-5H2,1-2H3;4H,1-3H3;2*3-4H2,1-2H3. The SMILES string of the molecule is CCC(C)COC.CCCCCOC.CCCCOC.CCCOC.CCCOC.COC(C)(C)C.COC(C)C.COCC(C)C. The zero-order valence-corrected chi connectivity index (χ0v) is 36.4. The minimum Gasteiger partial charge on any atom is -0.385 e. The average molecular weight is 691 g/mol. The summed E-state index contributed by atoms with van der Waals surface area (Å²) >= 11 is 0. The Bertz CT molecular complexity index is 385. The van der Waals surface area contributed by atoms with E-state index in [0.717, 1.165) is 58.4 Å². The third-order valence-corrected chi connectivity index (χ3v) is 5.20. The van der Waals surface area contributed by atoms with E-state index in [1.807, 2.05) is 34.6 Å². The molecule has 0 aromatic carbocycles. The van der Waals surface area contributed by atoms with Gasteiger partial charge in [0.05, 0.1) is 11.7 Å². The van der Waals surface area contributed by atoms with Crippen LogP contribution >= 0.6 is 0 Å². The van der Waals surface area contributed by atoms with Crippen LogP contribution in [0.25, 0.3) is 0 Å². The molecule has 8 heteroatoms. The maximum absolute atomic E-state index is 4.94. The normalized spacial score (nSPS) is 10.3. The molecule has 0 amide bonds. The van der Waals surface area contributed by atoms with Crippen LogP contribution in [-0.2, 0) is 37.9 Å². The van der Waals surface area contributed by atoms with Gasteiger partial charge in [-0.15, -0.1) is 0 Å². The van der Waals surface area contributed by atoms with Gasteiger partial charge in [-0.3, -0.25) is 0 Å². The van der Waals surface area contributed by atoms with Crippen LogP contribution in [0.15, 0.2) is 0 Å². The van der Waals surface area contributed by atoms with Gasteiger partial charge in [-0.05, 0) is 72.1 Å². The third kappa shape index (κ3) is 155. The van der Waals surface area contributed by atoms with Gasteiger partial charge in [0.25, 0.3) is 0 Å². The molecule has 0 radical (unpaired) electrons. The van der Waals surface area contributed by atoms with Crippen LogP contribution in [0.4, 0.5) is 0 Å². The van der Waals surface area contributed by atoms with Gasteiger partial charge in [-0.1, -0.05) is 81.1 Å². The maximum Gasteiger partial charge on any atom is 0.0594 e. The van der Waals surface area contributed by atoms with Crippen molar-refractivity contribution >= 4 is 0 Å². The van der Waals surface area contributed by atoms with Gasteiger partial charge in [0.2, 0.25) is 0 Å². The summed E-state index contributed by atoms with van der Waals surface area (Å²) in [6, 6.07) is 0. The molecule has 0 saturated heterocycles. The second-order valence-corrected chi connectivity index (χ2v) is 12.5. The van der Waals surface area contributed by atoms with E-state index in [-0.39, 0.29) is 5.60 Å². The van der Waals surface area contributed by atoms with Crippen LogP contribution in [0.1, 0.15) is 141 Å². The van der Waals surface area contributed by atoms with Gasteiger partial charge in [0, 0.05) is 96.5 Å². The molecule has 0 aromatic heterocycles. The minimum atomic E-state index is 0.0417. The summed E-state index contributed by atoms with van der Waals surface area (Å²) < 4.78 is 38.4. The van der Waals surface area contributed by atoms with E-state index in [9.17, 15) is 0 Å². The highest BCUT2D eigenvalue weighted by Crippen LogP contribution is 2.02. The highest BCUT2D eigenvalue weighted by atomic mass is 16.5. The summed E-state index contributed by atoms with van der Waals surface area (Å²) in [6.45, 7) is 32.6. The molecular weight excluding hydrogens is 596 g/mol. The fourth-order valence-corrected chi connectivity index (χ4v) is 1.93. The highest BCUT2D eigenvalue weighted by Gasteiger charge is 2.04.